The van der Waals surface area contributed by atoms with Gasteiger partial charge in [-0.05, 0) is 24.6 Å². The largest absolute Gasteiger partial charge is 0.434 e. The molecule has 0 aliphatic carbocycles. The van der Waals surface area contributed by atoms with Gasteiger partial charge in [0.15, 0.2) is 11.7 Å². The standard InChI is InChI=1S/C16H18F4N4S.HI/c1-3-21-15(24(2)9-11-5-4-6-12(17)7-11)22-8-14-23-13(10-25-14)16(18,19)20;/h4-7,10H,3,8-9H2,1-2H3,(H,21,22);1H. The third-order valence-electron chi connectivity index (χ3n) is 3.21. The summed E-state index contributed by atoms with van der Waals surface area (Å²) >= 11 is 0.920. The van der Waals surface area contributed by atoms with Crippen LogP contribution in [-0.2, 0) is 19.3 Å². The van der Waals surface area contributed by atoms with Gasteiger partial charge in [0.25, 0.3) is 0 Å². The van der Waals surface area contributed by atoms with Crippen LogP contribution in [0.1, 0.15) is 23.2 Å². The fourth-order valence-electron chi connectivity index (χ4n) is 2.11. The van der Waals surface area contributed by atoms with Crippen LogP contribution in [0.3, 0.4) is 0 Å². The lowest BCUT2D eigenvalue weighted by Crippen LogP contribution is -2.38. The van der Waals surface area contributed by atoms with E-state index in [0.717, 1.165) is 22.3 Å². The number of halogens is 5. The Morgan fingerprint density at radius 3 is 2.65 bits per heavy atom. The van der Waals surface area contributed by atoms with Gasteiger partial charge in [-0.1, -0.05) is 12.1 Å². The molecular formula is C16H19F4IN4S. The Hall–Kier alpha value is -1.43. The van der Waals surface area contributed by atoms with E-state index < -0.39 is 11.9 Å². The number of aliphatic imine (C=N–C) groups is 1. The van der Waals surface area contributed by atoms with Crippen molar-refractivity contribution in [1.82, 2.24) is 15.2 Å². The summed E-state index contributed by atoms with van der Waals surface area (Å²) in [6.45, 7) is 2.93. The molecule has 4 nitrogen and oxygen atoms in total. The predicted octanol–water partition coefficient (Wildman–Crippen LogP) is 4.52. The lowest BCUT2D eigenvalue weighted by Gasteiger charge is -2.22. The Morgan fingerprint density at radius 2 is 2.08 bits per heavy atom. The average molecular weight is 502 g/mol. The topological polar surface area (TPSA) is 40.5 Å². The minimum atomic E-state index is -4.45. The third-order valence-corrected chi connectivity index (χ3v) is 4.05. The van der Waals surface area contributed by atoms with E-state index in [0.29, 0.717) is 19.0 Å². The van der Waals surface area contributed by atoms with Gasteiger partial charge < -0.3 is 10.2 Å². The zero-order valence-electron chi connectivity index (χ0n) is 14.2. The van der Waals surface area contributed by atoms with Crippen molar-refractivity contribution in [3.63, 3.8) is 0 Å². The van der Waals surface area contributed by atoms with Gasteiger partial charge in [0.2, 0.25) is 0 Å². The second kappa shape index (κ2) is 10.0. The van der Waals surface area contributed by atoms with Crippen molar-refractivity contribution in [3.8, 4) is 0 Å². The number of thiazole rings is 1. The first-order valence-electron chi connectivity index (χ1n) is 7.55. The first kappa shape index (κ1) is 22.6. The van der Waals surface area contributed by atoms with Crippen LogP contribution in [0.5, 0.6) is 0 Å². The number of nitrogens with zero attached hydrogens (tertiary/aromatic N) is 3. The molecule has 10 heteroatoms. The first-order valence-corrected chi connectivity index (χ1v) is 8.43. The number of hydrogen-bond acceptors (Lipinski definition) is 3. The second-order valence-electron chi connectivity index (χ2n) is 5.28. The second-order valence-corrected chi connectivity index (χ2v) is 6.22. The molecule has 1 heterocycles. The van der Waals surface area contributed by atoms with Gasteiger partial charge in [-0.3, -0.25) is 0 Å². The fourth-order valence-corrected chi connectivity index (χ4v) is 2.83. The molecule has 0 bridgehead atoms. The van der Waals surface area contributed by atoms with Gasteiger partial charge in [-0.25, -0.2) is 14.4 Å². The molecule has 26 heavy (non-hydrogen) atoms. The van der Waals surface area contributed by atoms with Crippen LogP contribution in [0.2, 0.25) is 0 Å². The normalized spacial score (nSPS) is 11.8. The molecule has 0 fully saturated rings. The number of benzene rings is 1. The van der Waals surface area contributed by atoms with E-state index in [1.807, 2.05) is 6.92 Å². The molecule has 1 aromatic heterocycles. The molecular weight excluding hydrogens is 483 g/mol. The lowest BCUT2D eigenvalue weighted by molar-refractivity contribution is -0.140. The molecule has 0 spiro atoms. The molecule has 1 aromatic carbocycles. The highest BCUT2D eigenvalue weighted by Crippen LogP contribution is 2.30. The highest BCUT2D eigenvalue weighted by Gasteiger charge is 2.33. The molecule has 0 aliphatic heterocycles. The number of aromatic nitrogens is 1. The highest BCUT2D eigenvalue weighted by molar-refractivity contribution is 14.0. The van der Waals surface area contributed by atoms with Gasteiger partial charge in [-0.2, -0.15) is 13.2 Å². The van der Waals surface area contributed by atoms with Crippen molar-refractivity contribution in [1.29, 1.82) is 0 Å². The number of alkyl halides is 3. The quantitative estimate of drug-likeness (QED) is 0.283. The molecule has 1 N–H and O–H groups in total. The Morgan fingerprint density at radius 1 is 1.35 bits per heavy atom. The fraction of sp³-hybridized carbons (Fsp3) is 0.375. The van der Waals surface area contributed by atoms with Crippen LogP contribution in [-0.4, -0.2) is 29.4 Å². The Labute approximate surface area is 170 Å². The highest BCUT2D eigenvalue weighted by atomic mass is 127. The molecule has 144 valence electrons. The summed E-state index contributed by atoms with van der Waals surface area (Å²) in [7, 11) is 1.77. The van der Waals surface area contributed by atoms with E-state index in [1.165, 1.54) is 12.1 Å². The van der Waals surface area contributed by atoms with Crippen LogP contribution in [0.25, 0.3) is 0 Å². The summed E-state index contributed by atoms with van der Waals surface area (Å²) in [6, 6.07) is 6.20. The molecule has 0 aliphatic rings. The number of nitrogens with one attached hydrogen (secondary N) is 1. The summed E-state index contributed by atoms with van der Waals surface area (Å²) < 4.78 is 51.0. The van der Waals surface area contributed by atoms with E-state index in [2.05, 4.69) is 15.3 Å². The zero-order valence-corrected chi connectivity index (χ0v) is 17.3. The predicted molar refractivity (Wildman–Crippen MR) is 105 cm³/mol. The Bertz CT molecular complexity index is 733. The van der Waals surface area contributed by atoms with Crippen LogP contribution in [0.4, 0.5) is 17.6 Å². The monoisotopic (exact) mass is 502 g/mol. The Balaban J connectivity index is 0.00000338. The molecule has 0 amide bonds. The third kappa shape index (κ3) is 6.71. The minimum absolute atomic E-state index is 0. The molecule has 0 saturated heterocycles. The maximum absolute atomic E-state index is 13.3. The summed E-state index contributed by atoms with van der Waals surface area (Å²) in [5.41, 5.74) is -0.137. The molecule has 0 saturated carbocycles. The van der Waals surface area contributed by atoms with Gasteiger partial charge in [-0.15, -0.1) is 35.3 Å². The van der Waals surface area contributed by atoms with Crippen LogP contribution < -0.4 is 5.32 Å². The van der Waals surface area contributed by atoms with Gasteiger partial charge in [0, 0.05) is 25.5 Å². The van der Waals surface area contributed by atoms with Crippen molar-refractivity contribution in [2.24, 2.45) is 4.99 Å². The molecule has 0 atom stereocenters. The van der Waals surface area contributed by atoms with E-state index >= 15 is 0 Å². The molecule has 0 radical (unpaired) electrons. The zero-order chi connectivity index (χ0) is 18.4. The van der Waals surface area contributed by atoms with Crippen molar-refractivity contribution in [2.75, 3.05) is 13.6 Å². The number of guanidine groups is 1. The van der Waals surface area contributed by atoms with E-state index in [9.17, 15) is 17.6 Å². The number of rotatable bonds is 5. The van der Waals surface area contributed by atoms with Gasteiger partial charge in [0.05, 0.1) is 6.54 Å². The minimum Gasteiger partial charge on any atom is -0.357 e. The molecule has 0 unspecified atom stereocenters. The van der Waals surface area contributed by atoms with Gasteiger partial charge >= 0.3 is 6.18 Å². The maximum atomic E-state index is 13.3. The van der Waals surface area contributed by atoms with Gasteiger partial charge in [0.1, 0.15) is 10.8 Å². The van der Waals surface area contributed by atoms with Crippen molar-refractivity contribution >= 4 is 41.3 Å². The maximum Gasteiger partial charge on any atom is 0.434 e. The molecule has 2 aromatic rings. The Kier molecular flexibility index (Phi) is 8.74. The SMILES string of the molecule is CCNC(=NCc1nc(C(F)(F)F)cs1)N(C)Cc1cccc(F)c1.I. The first-order chi connectivity index (χ1) is 11.8. The van der Waals surface area contributed by atoms with E-state index in [4.69, 9.17) is 0 Å². The van der Waals surface area contributed by atoms with Crippen LogP contribution in [0, 0.1) is 5.82 Å². The van der Waals surface area contributed by atoms with Crippen LogP contribution >= 0.6 is 35.3 Å². The van der Waals surface area contributed by atoms with E-state index in [-0.39, 0.29) is 41.3 Å². The smallest absolute Gasteiger partial charge is 0.357 e. The summed E-state index contributed by atoms with van der Waals surface area (Å²) in [4.78, 5) is 9.65. The van der Waals surface area contributed by atoms with E-state index in [1.54, 1.807) is 24.1 Å². The summed E-state index contributed by atoms with van der Waals surface area (Å²) in [5, 5.41) is 4.32. The summed E-state index contributed by atoms with van der Waals surface area (Å²) in [6.07, 6.45) is -4.45. The average Bonchev–Trinajstić information content (AvgIpc) is 3.00. The summed E-state index contributed by atoms with van der Waals surface area (Å²) in [5.74, 6) is 0.186. The van der Waals surface area contributed by atoms with Crippen molar-refractivity contribution < 1.29 is 17.6 Å². The number of hydrogen-bond donors (Lipinski definition) is 1. The van der Waals surface area contributed by atoms with Crippen LogP contribution in [0.15, 0.2) is 34.6 Å². The lowest BCUT2D eigenvalue weighted by atomic mass is 10.2. The molecule has 2 rings (SSSR count). The van der Waals surface area contributed by atoms with Crippen molar-refractivity contribution in [3.05, 3.63) is 51.7 Å². The van der Waals surface area contributed by atoms with Crippen molar-refractivity contribution in [2.45, 2.75) is 26.2 Å².